The fourth-order valence-corrected chi connectivity index (χ4v) is 3.73. The topological polar surface area (TPSA) is 106 Å². The number of nitrogens with zero attached hydrogens (tertiary/aromatic N) is 3. The van der Waals surface area contributed by atoms with Crippen LogP contribution in [0.4, 0.5) is 10.3 Å². The summed E-state index contributed by atoms with van der Waals surface area (Å²) in [4.78, 5) is 16.8. The first kappa shape index (κ1) is 21.7. The van der Waals surface area contributed by atoms with Crippen LogP contribution in [0.5, 0.6) is 0 Å². The van der Waals surface area contributed by atoms with Crippen LogP contribution in [-0.2, 0) is 0 Å². The van der Waals surface area contributed by atoms with Crippen LogP contribution in [-0.4, -0.2) is 32.2 Å². The molecule has 4 rings (SSSR count). The third-order valence-electron chi connectivity index (χ3n) is 5.18. The van der Waals surface area contributed by atoms with Crippen LogP contribution < -0.4 is 11.1 Å². The second kappa shape index (κ2) is 8.94. The van der Waals surface area contributed by atoms with Crippen LogP contribution >= 0.6 is 11.6 Å². The second-order valence-corrected chi connectivity index (χ2v) is 7.86. The largest absolute Gasteiger partial charge is 0.388 e. The number of halogens is 2. The minimum Gasteiger partial charge on any atom is -0.388 e. The average Bonchev–Trinajstić information content (AvgIpc) is 3.13. The Kier molecular flexibility index (Phi) is 6.07. The van der Waals surface area contributed by atoms with E-state index in [1.165, 1.54) is 4.52 Å². The molecule has 4 N–H and O–H groups in total. The van der Waals surface area contributed by atoms with Gasteiger partial charge in [-0.3, -0.25) is 4.79 Å². The molecule has 164 valence electrons. The smallest absolute Gasteiger partial charge is 0.254 e. The molecule has 2 heterocycles. The highest BCUT2D eigenvalue weighted by Crippen LogP contribution is 2.28. The lowest BCUT2D eigenvalue weighted by Crippen LogP contribution is -2.27. The van der Waals surface area contributed by atoms with E-state index in [-0.39, 0.29) is 30.0 Å². The quantitative estimate of drug-likeness (QED) is 0.410. The summed E-state index contributed by atoms with van der Waals surface area (Å²) in [7, 11) is 0. The van der Waals surface area contributed by atoms with Crippen LogP contribution in [0.3, 0.4) is 0 Å². The molecule has 0 bridgehead atoms. The number of aromatic nitrogens is 3. The van der Waals surface area contributed by atoms with Gasteiger partial charge in [-0.15, -0.1) is 5.10 Å². The number of hydrogen-bond donors (Lipinski definition) is 3. The summed E-state index contributed by atoms with van der Waals surface area (Å²) in [5, 5.41) is 17.5. The van der Waals surface area contributed by atoms with Gasteiger partial charge >= 0.3 is 0 Å². The van der Waals surface area contributed by atoms with Crippen molar-refractivity contribution in [3.05, 3.63) is 82.3 Å². The van der Waals surface area contributed by atoms with Crippen LogP contribution in [0, 0.1) is 12.7 Å². The second-order valence-electron chi connectivity index (χ2n) is 7.42. The Morgan fingerprint density at radius 3 is 2.88 bits per heavy atom. The number of amides is 1. The number of aliphatic hydroxyl groups is 1. The van der Waals surface area contributed by atoms with E-state index in [4.69, 9.17) is 17.3 Å². The molecule has 9 heteroatoms. The Balaban J connectivity index is 1.52. The summed E-state index contributed by atoms with van der Waals surface area (Å²) in [6.07, 6.45) is 1.09. The normalized spacial score (nSPS) is 12.1. The fraction of sp³-hybridized carbons (Fsp3) is 0.174. The predicted molar refractivity (Wildman–Crippen MR) is 121 cm³/mol. The number of carbonyl (C=O) groups excluding carboxylic acids is 1. The minimum absolute atomic E-state index is 0.0411. The van der Waals surface area contributed by atoms with Gasteiger partial charge in [-0.2, -0.15) is 4.98 Å². The Labute approximate surface area is 188 Å². The van der Waals surface area contributed by atoms with E-state index in [0.29, 0.717) is 27.4 Å². The van der Waals surface area contributed by atoms with Gasteiger partial charge in [0, 0.05) is 23.3 Å². The van der Waals surface area contributed by atoms with E-state index >= 15 is 4.39 Å². The number of hydrogen-bond acceptors (Lipinski definition) is 5. The van der Waals surface area contributed by atoms with E-state index in [9.17, 15) is 9.90 Å². The summed E-state index contributed by atoms with van der Waals surface area (Å²) in [5.74, 6) is -1.06. The number of aliphatic hydroxyl groups excluding tert-OH is 1. The minimum atomic E-state index is -0.798. The molecule has 0 saturated carbocycles. The molecule has 32 heavy (non-hydrogen) atoms. The zero-order valence-electron chi connectivity index (χ0n) is 17.2. The number of pyridine rings is 1. The number of aryl methyl sites for hydroxylation is 1. The van der Waals surface area contributed by atoms with Crippen LogP contribution in [0.25, 0.3) is 16.8 Å². The molecular weight excluding hydrogens is 433 g/mol. The van der Waals surface area contributed by atoms with Gasteiger partial charge in [0.2, 0.25) is 5.95 Å². The first-order valence-electron chi connectivity index (χ1n) is 9.96. The van der Waals surface area contributed by atoms with Gasteiger partial charge in [-0.25, -0.2) is 8.91 Å². The van der Waals surface area contributed by atoms with Crippen molar-refractivity contribution in [2.45, 2.75) is 19.4 Å². The maximum atomic E-state index is 15.4. The van der Waals surface area contributed by atoms with Gasteiger partial charge in [0.25, 0.3) is 5.91 Å². The molecule has 0 aliphatic heterocycles. The zero-order valence-corrected chi connectivity index (χ0v) is 18.0. The molecule has 0 fully saturated rings. The lowest BCUT2D eigenvalue weighted by molar-refractivity contribution is 0.0938. The molecule has 0 aliphatic rings. The summed E-state index contributed by atoms with van der Waals surface area (Å²) in [6, 6.07) is 13.5. The van der Waals surface area contributed by atoms with Crippen LogP contribution in [0.15, 0.2) is 54.7 Å². The number of carbonyl (C=O) groups is 1. The first-order valence-corrected chi connectivity index (χ1v) is 10.3. The third kappa shape index (κ3) is 4.42. The molecule has 0 aliphatic carbocycles. The molecule has 1 unspecified atom stereocenters. The number of rotatable bonds is 6. The van der Waals surface area contributed by atoms with Crippen molar-refractivity contribution >= 4 is 29.1 Å². The summed E-state index contributed by atoms with van der Waals surface area (Å²) in [5.41, 5.74) is 8.02. The van der Waals surface area contributed by atoms with Gasteiger partial charge in [0.1, 0.15) is 5.82 Å². The standard InChI is InChI=1S/C23H21ClFN5O2/c1-13-5-6-17(14-8-10-30-19(12-14)28-23(26)29-30)21(25)20(13)22(32)27-9-7-18(31)15-3-2-4-16(24)11-15/h2-6,8,10-12,18,31H,7,9H2,1H3,(H2,26,29)(H,27,32). The molecule has 0 spiro atoms. The van der Waals surface area contributed by atoms with Crippen molar-refractivity contribution in [1.82, 2.24) is 19.9 Å². The van der Waals surface area contributed by atoms with Crippen LogP contribution in [0.2, 0.25) is 5.02 Å². The molecule has 1 atom stereocenters. The lowest BCUT2D eigenvalue weighted by Gasteiger charge is -2.14. The maximum Gasteiger partial charge on any atom is 0.254 e. The molecule has 4 aromatic rings. The van der Waals surface area contributed by atoms with Crippen molar-refractivity contribution in [2.24, 2.45) is 0 Å². The lowest BCUT2D eigenvalue weighted by atomic mass is 9.98. The van der Waals surface area contributed by atoms with E-state index in [2.05, 4.69) is 15.4 Å². The third-order valence-corrected chi connectivity index (χ3v) is 5.41. The molecule has 0 radical (unpaired) electrons. The summed E-state index contributed by atoms with van der Waals surface area (Å²) >= 11 is 5.95. The number of benzene rings is 2. The molecule has 7 nitrogen and oxygen atoms in total. The van der Waals surface area contributed by atoms with Gasteiger partial charge in [-0.1, -0.05) is 35.9 Å². The number of nitrogen functional groups attached to an aromatic ring is 1. The fourth-order valence-electron chi connectivity index (χ4n) is 3.53. The van der Waals surface area contributed by atoms with E-state index in [0.717, 1.165) is 0 Å². The number of nitrogens with two attached hydrogens (primary N) is 1. The van der Waals surface area contributed by atoms with Gasteiger partial charge < -0.3 is 16.2 Å². The number of fused-ring (bicyclic) bond motifs is 1. The summed E-state index contributed by atoms with van der Waals surface area (Å²) in [6.45, 7) is 1.84. The molecular formula is C23H21ClFN5O2. The Hall–Kier alpha value is -3.49. The number of nitrogens with one attached hydrogen (secondary N) is 1. The average molecular weight is 454 g/mol. The van der Waals surface area contributed by atoms with Crippen molar-refractivity contribution in [3.63, 3.8) is 0 Å². The Morgan fingerprint density at radius 2 is 2.09 bits per heavy atom. The zero-order chi connectivity index (χ0) is 22.8. The molecule has 2 aromatic heterocycles. The van der Waals surface area contributed by atoms with Crippen molar-refractivity contribution in [2.75, 3.05) is 12.3 Å². The van der Waals surface area contributed by atoms with E-state index < -0.39 is 17.8 Å². The highest BCUT2D eigenvalue weighted by Gasteiger charge is 2.20. The van der Waals surface area contributed by atoms with Gasteiger partial charge in [0.15, 0.2) is 5.65 Å². The number of anilines is 1. The summed E-state index contributed by atoms with van der Waals surface area (Å²) < 4.78 is 16.9. The highest BCUT2D eigenvalue weighted by molar-refractivity contribution is 6.30. The maximum absolute atomic E-state index is 15.4. The Bertz CT molecular complexity index is 1310. The molecule has 2 aromatic carbocycles. The predicted octanol–water partition coefficient (Wildman–Crippen LogP) is 3.93. The van der Waals surface area contributed by atoms with Crippen molar-refractivity contribution in [3.8, 4) is 11.1 Å². The molecule has 0 saturated heterocycles. The van der Waals surface area contributed by atoms with Gasteiger partial charge in [0.05, 0.1) is 11.7 Å². The van der Waals surface area contributed by atoms with E-state index in [1.54, 1.807) is 61.7 Å². The SMILES string of the molecule is Cc1ccc(-c2ccn3nc(N)nc3c2)c(F)c1C(=O)NCCC(O)c1cccc(Cl)c1. The Morgan fingerprint density at radius 1 is 1.28 bits per heavy atom. The first-order chi connectivity index (χ1) is 15.3. The van der Waals surface area contributed by atoms with Crippen molar-refractivity contribution < 1.29 is 14.3 Å². The van der Waals surface area contributed by atoms with E-state index in [1.807, 2.05) is 0 Å². The van der Waals surface area contributed by atoms with Crippen LogP contribution in [0.1, 0.15) is 34.0 Å². The highest BCUT2D eigenvalue weighted by atomic mass is 35.5. The van der Waals surface area contributed by atoms with Crippen molar-refractivity contribution in [1.29, 1.82) is 0 Å². The molecule has 1 amide bonds. The van der Waals surface area contributed by atoms with Gasteiger partial charge in [-0.05, 0) is 54.3 Å². The monoisotopic (exact) mass is 453 g/mol.